The molecule has 5 nitrogen and oxygen atoms in total. The third kappa shape index (κ3) is 4.16. The topological polar surface area (TPSA) is 58.2 Å². The molecule has 1 saturated heterocycles. The first kappa shape index (κ1) is 22.1. The van der Waals surface area contributed by atoms with Crippen molar-refractivity contribution < 1.29 is 27.1 Å². The molecule has 2 atom stereocenters. The number of hydrogen-bond donors (Lipinski definition) is 1. The second-order valence-electron chi connectivity index (χ2n) is 7.83. The summed E-state index contributed by atoms with van der Waals surface area (Å²) in [4.78, 5) is 21.5. The minimum atomic E-state index is -2.56. The zero-order valence-corrected chi connectivity index (χ0v) is 17.5. The molecule has 1 N–H and O–H groups in total. The van der Waals surface area contributed by atoms with Gasteiger partial charge in [-0.2, -0.15) is 0 Å². The Morgan fingerprint density at radius 1 is 1.19 bits per heavy atom. The van der Waals surface area contributed by atoms with Gasteiger partial charge in [0.2, 0.25) is 12.3 Å². The number of β-lactam (4-membered cyclic amide) rings is 1. The Bertz CT molecular complexity index is 1090. The van der Waals surface area contributed by atoms with E-state index in [0.717, 1.165) is 25.0 Å². The van der Waals surface area contributed by atoms with Crippen LogP contribution in [0.3, 0.4) is 0 Å². The zero-order valence-electron chi connectivity index (χ0n) is 17.5. The largest absolute Gasteiger partial charge is 0.493 e. The second kappa shape index (κ2) is 9.18. The van der Waals surface area contributed by atoms with Crippen molar-refractivity contribution in [2.45, 2.75) is 45.1 Å². The Kier molecular flexibility index (Phi) is 6.34. The van der Waals surface area contributed by atoms with E-state index in [1.807, 2.05) is 6.92 Å². The van der Waals surface area contributed by atoms with Gasteiger partial charge in [-0.3, -0.25) is 4.79 Å². The molecule has 4 rings (SSSR count). The lowest BCUT2D eigenvalue weighted by Gasteiger charge is -2.47. The van der Waals surface area contributed by atoms with Gasteiger partial charge in [-0.15, -0.1) is 0 Å². The Hall–Kier alpha value is -3.10. The van der Waals surface area contributed by atoms with Gasteiger partial charge in [-0.25, -0.2) is 22.5 Å². The van der Waals surface area contributed by atoms with Crippen LogP contribution >= 0.6 is 0 Å². The third-order valence-electron chi connectivity index (χ3n) is 5.72. The minimum Gasteiger partial charge on any atom is -0.493 e. The number of ether oxygens (including phenoxy) is 1. The molecule has 1 aliphatic rings. The molecular weight excluding hydrogens is 426 g/mol. The summed E-state index contributed by atoms with van der Waals surface area (Å²) >= 11 is 0. The first-order valence-corrected chi connectivity index (χ1v) is 10.6. The van der Waals surface area contributed by atoms with Crippen LogP contribution in [0.15, 0.2) is 36.7 Å². The van der Waals surface area contributed by atoms with Crippen LogP contribution in [0.4, 0.5) is 23.2 Å². The lowest BCUT2D eigenvalue weighted by Crippen LogP contribution is -2.55. The predicted octanol–water partition coefficient (Wildman–Crippen LogP) is 5.77. The number of rotatable bonds is 9. The van der Waals surface area contributed by atoms with E-state index in [-0.39, 0.29) is 23.8 Å². The van der Waals surface area contributed by atoms with Crippen LogP contribution < -0.4 is 9.64 Å². The molecular formula is C23H23F4N3O2. The number of alkyl halides is 2. The van der Waals surface area contributed by atoms with Crippen LogP contribution in [0.5, 0.6) is 5.75 Å². The highest BCUT2D eigenvalue weighted by Crippen LogP contribution is 2.48. The number of carbonyl (C=O) groups excluding carboxylic acids is 1. The van der Waals surface area contributed by atoms with Crippen LogP contribution in [0.2, 0.25) is 0 Å². The van der Waals surface area contributed by atoms with Crippen molar-refractivity contribution in [1.82, 2.24) is 9.97 Å². The average Bonchev–Trinajstić information content (AvgIpc) is 3.20. The summed E-state index contributed by atoms with van der Waals surface area (Å²) in [6.07, 6.45) is 0.529. The maximum atomic E-state index is 15.1. The number of amides is 1. The summed E-state index contributed by atoms with van der Waals surface area (Å²) in [6.45, 7) is 1.63. The quantitative estimate of drug-likeness (QED) is 0.333. The number of anilines is 1. The fourth-order valence-corrected chi connectivity index (χ4v) is 4.14. The molecule has 0 aliphatic carbocycles. The van der Waals surface area contributed by atoms with Crippen LogP contribution in [0.1, 0.15) is 44.2 Å². The van der Waals surface area contributed by atoms with Crippen molar-refractivity contribution in [2.24, 2.45) is 5.92 Å². The Morgan fingerprint density at radius 2 is 1.94 bits per heavy atom. The van der Waals surface area contributed by atoms with Crippen LogP contribution in [0, 0.1) is 17.6 Å². The van der Waals surface area contributed by atoms with E-state index >= 15 is 8.78 Å². The first-order valence-electron chi connectivity index (χ1n) is 10.6. The number of unbranched alkanes of at least 4 members (excludes halogenated alkanes) is 1. The number of aromatic amines is 1. The van der Waals surface area contributed by atoms with Gasteiger partial charge in [0.05, 0.1) is 35.9 Å². The van der Waals surface area contributed by atoms with Crippen molar-refractivity contribution in [3.63, 3.8) is 0 Å². The van der Waals surface area contributed by atoms with Gasteiger partial charge in [0.1, 0.15) is 17.4 Å². The van der Waals surface area contributed by atoms with Crippen molar-refractivity contribution in [1.29, 1.82) is 0 Å². The molecule has 1 aliphatic heterocycles. The van der Waals surface area contributed by atoms with E-state index < -0.39 is 36.4 Å². The lowest BCUT2D eigenvalue weighted by molar-refractivity contribution is -0.130. The van der Waals surface area contributed by atoms with E-state index in [9.17, 15) is 13.6 Å². The Morgan fingerprint density at radius 3 is 2.62 bits per heavy atom. The SMILES string of the molecule is CCCC[C@H]1C(=O)N(c2ccc3nc[nH]c3c2)[C@H]1c1c(F)cc(OCCC(F)F)cc1F. The van der Waals surface area contributed by atoms with E-state index in [1.54, 1.807) is 18.2 Å². The molecule has 2 heterocycles. The summed E-state index contributed by atoms with van der Waals surface area (Å²) in [5, 5.41) is 0. The summed E-state index contributed by atoms with van der Waals surface area (Å²) in [5.74, 6) is -2.65. The highest BCUT2D eigenvalue weighted by molar-refractivity contribution is 6.04. The number of imidazole rings is 1. The Balaban J connectivity index is 1.67. The van der Waals surface area contributed by atoms with Crippen molar-refractivity contribution in [3.8, 4) is 5.75 Å². The first-order chi connectivity index (χ1) is 15.4. The summed E-state index contributed by atoms with van der Waals surface area (Å²) in [5.41, 5.74) is 1.70. The number of nitrogens with zero attached hydrogens (tertiary/aromatic N) is 2. The normalized spacial score (nSPS) is 18.4. The molecule has 32 heavy (non-hydrogen) atoms. The maximum Gasteiger partial charge on any atom is 0.241 e. The molecule has 0 saturated carbocycles. The van der Waals surface area contributed by atoms with Crippen LogP contribution in [0.25, 0.3) is 11.0 Å². The fraction of sp³-hybridized carbons (Fsp3) is 0.391. The number of aromatic nitrogens is 2. The molecule has 2 aromatic carbocycles. The molecule has 1 amide bonds. The molecule has 0 radical (unpaired) electrons. The molecule has 0 spiro atoms. The molecule has 0 unspecified atom stereocenters. The number of carbonyl (C=O) groups is 1. The fourth-order valence-electron chi connectivity index (χ4n) is 4.14. The van der Waals surface area contributed by atoms with E-state index in [2.05, 4.69) is 9.97 Å². The standard InChI is InChI=1S/C23H23F4N3O2/c1-2-3-4-15-22(21-16(24)10-14(11-17(21)25)32-8-7-20(26)27)30(23(15)31)13-5-6-18-19(9-13)29-12-28-18/h5-6,9-12,15,20,22H,2-4,7-8H2,1H3,(H,28,29)/t15-,22-/m1/s1. The minimum absolute atomic E-state index is 0.161. The smallest absolute Gasteiger partial charge is 0.241 e. The summed E-state index contributed by atoms with van der Waals surface area (Å²) < 4.78 is 59.8. The van der Waals surface area contributed by atoms with E-state index in [1.165, 1.54) is 11.2 Å². The number of halogens is 4. The van der Waals surface area contributed by atoms with E-state index in [4.69, 9.17) is 4.74 Å². The molecule has 3 aromatic rings. The molecule has 1 aromatic heterocycles. The Labute approximate surface area is 182 Å². The van der Waals surface area contributed by atoms with Gasteiger partial charge < -0.3 is 14.6 Å². The molecule has 0 bridgehead atoms. The summed E-state index contributed by atoms with van der Waals surface area (Å²) in [6, 6.07) is 6.31. The third-order valence-corrected chi connectivity index (χ3v) is 5.72. The van der Waals surface area contributed by atoms with Crippen molar-refractivity contribution in [3.05, 3.63) is 53.9 Å². The van der Waals surface area contributed by atoms with Gasteiger partial charge in [-0.1, -0.05) is 19.8 Å². The number of nitrogens with one attached hydrogen (secondary N) is 1. The van der Waals surface area contributed by atoms with Crippen molar-refractivity contribution in [2.75, 3.05) is 11.5 Å². The predicted molar refractivity (Wildman–Crippen MR) is 112 cm³/mol. The highest BCUT2D eigenvalue weighted by Gasteiger charge is 2.50. The van der Waals surface area contributed by atoms with Crippen LogP contribution in [-0.2, 0) is 4.79 Å². The molecule has 170 valence electrons. The van der Waals surface area contributed by atoms with Gasteiger partial charge in [-0.05, 0) is 24.6 Å². The van der Waals surface area contributed by atoms with E-state index in [0.29, 0.717) is 23.1 Å². The lowest BCUT2D eigenvalue weighted by atomic mass is 9.78. The number of fused-ring (bicyclic) bond motifs is 1. The van der Waals surface area contributed by atoms with Gasteiger partial charge in [0.25, 0.3) is 0 Å². The van der Waals surface area contributed by atoms with Gasteiger partial charge in [0.15, 0.2) is 0 Å². The number of benzene rings is 2. The zero-order chi connectivity index (χ0) is 22.8. The molecule has 1 fully saturated rings. The second-order valence-corrected chi connectivity index (χ2v) is 7.83. The van der Waals surface area contributed by atoms with Gasteiger partial charge >= 0.3 is 0 Å². The number of hydrogen-bond acceptors (Lipinski definition) is 3. The summed E-state index contributed by atoms with van der Waals surface area (Å²) in [7, 11) is 0. The monoisotopic (exact) mass is 449 g/mol. The molecule has 9 heteroatoms. The van der Waals surface area contributed by atoms with Crippen LogP contribution in [-0.4, -0.2) is 28.9 Å². The highest BCUT2D eigenvalue weighted by atomic mass is 19.3. The average molecular weight is 449 g/mol. The number of H-pyrrole nitrogens is 1. The van der Waals surface area contributed by atoms with Crippen molar-refractivity contribution >= 4 is 22.6 Å². The maximum absolute atomic E-state index is 15.1. The van der Waals surface area contributed by atoms with Gasteiger partial charge in [0, 0.05) is 29.8 Å².